The zero-order valence-electron chi connectivity index (χ0n) is 14.2. The van der Waals surface area contributed by atoms with Crippen molar-refractivity contribution in [1.29, 1.82) is 0 Å². The molecule has 1 saturated carbocycles. The molecule has 0 unspecified atom stereocenters. The van der Waals surface area contributed by atoms with E-state index in [0.717, 1.165) is 23.6 Å². The van der Waals surface area contributed by atoms with Crippen LogP contribution in [0.2, 0.25) is 0 Å². The molecule has 2 aromatic carbocycles. The van der Waals surface area contributed by atoms with Crippen molar-refractivity contribution in [2.24, 2.45) is 5.92 Å². The van der Waals surface area contributed by atoms with Gasteiger partial charge in [0, 0.05) is 20.9 Å². The average Bonchev–Trinajstić information content (AvgIpc) is 3.33. The van der Waals surface area contributed by atoms with Gasteiger partial charge in [-0.15, -0.1) is 11.3 Å². The zero-order chi connectivity index (χ0) is 17.4. The minimum Gasteiger partial charge on any atom is -0.203 e. The van der Waals surface area contributed by atoms with Crippen LogP contribution >= 0.6 is 11.3 Å². The van der Waals surface area contributed by atoms with Gasteiger partial charge in [-0.1, -0.05) is 37.3 Å². The lowest BCUT2D eigenvalue weighted by molar-refractivity contribution is 0.514. The Morgan fingerprint density at radius 3 is 2.24 bits per heavy atom. The quantitative estimate of drug-likeness (QED) is 0.469. The van der Waals surface area contributed by atoms with E-state index in [1.807, 2.05) is 36.4 Å². The van der Waals surface area contributed by atoms with Crippen molar-refractivity contribution in [1.82, 2.24) is 0 Å². The van der Waals surface area contributed by atoms with Crippen molar-refractivity contribution < 1.29 is 8.78 Å². The van der Waals surface area contributed by atoms with Crippen LogP contribution < -0.4 is 0 Å². The lowest BCUT2D eigenvalue weighted by Crippen LogP contribution is -1.93. The van der Waals surface area contributed by atoms with Crippen LogP contribution in [-0.4, -0.2) is 0 Å². The summed E-state index contributed by atoms with van der Waals surface area (Å²) in [5, 5.41) is 0. The topological polar surface area (TPSA) is 0 Å². The third-order valence-corrected chi connectivity index (χ3v) is 6.01. The first kappa shape index (κ1) is 16.5. The average molecular weight is 354 g/mol. The maximum atomic E-state index is 14.7. The lowest BCUT2D eigenvalue weighted by Gasteiger charge is -2.08. The number of hydrogen-bond acceptors (Lipinski definition) is 1. The Labute approximate surface area is 151 Å². The molecule has 128 valence electrons. The predicted molar refractivity (Wildman–Crippen MR) is 101 cm³/mol. The van der Waals surface area contributed by atoms with Crippen LogP contribution in [0.4, 0.5) is 8.78 Å². The van der Waals surface area contributed by atoms with E-state index in [1.165, 1.54) is 23.3 Å². The summed E-state index contributed by atoms with van der Waals surface area (Å²) in [7, 11) is 0. The van der Waals surface area contributed by atoms with Gasteiger partial charge in [-0.3, -0.25) is 0 Å². The van der Waals surface area contributed by atoms with Crippen LogP contribution in [-0.2, 0) is 12.8 Å². The summed E-state index contributed by atoms with van der Waals surface area (Å²) in [6, 6.07) is 15.0. The molecule has 1 heterocycles. The number of thiophene rings is 1. The highest BCUT2D eigenvalue weighted by molar-refractivity contribution is 7.15. The first-order chi connectivity index (χ1) is 12.2. The lowest BCUT2D eigenvalue weighted by atomic mass is 10.0. The normalized spacial score (nSPS) is 14.0. The second kappa shape index (κ2) is 6.72. The van der Waals surface area contributed by atoms with Gasteiger partial charge in [0.05, 0.1) is 0 Å². The van der Waals surface area contributed by atoms with Crippen molar-refractivity contribution >= 4 is 11.3 Å². The Morgan fingerprint density at radius 1 is 0.880 bits per heavy atom. The molecular weight excluding hydrogens is 334 g/mol. The molecule has 0 N–H and O–H groups in total. The van der Waals surface area contributed by atoms with Gasteiger partial charge in [-0.05, 0) is 60.9 Å². The number of hydrogen-bond donors (Lipinski definition) is 0. The second-order valence-corrected chi connectivity index (χ2v) is 7.92. The van der Waals surface area contributed by atoms with E-state index in [1.54, 1.807) is 23.5 Å². The van der Waals surface area contributed by atoms with Gasteiger partial charge < -0.3 is 0 Å². The molecule has 0 nitrogen and oxygen atoms in total. The predicted octanol–water partition coefficient (Wildman–Crippen LogP) is 6.88. The SMILES string of the molecule is CCc1ccc(-c2ccc(-c3ccc(CC4CC4)s3)c(F)c2F)cc1. The molecule has 0 atom stereocenters. The van der Waals surface area contributed by atoms with Crippen LogP contribution in [0.25, 0.3) is 21.6 Å². The van der Waals surface area contributed by atoms with E-state index in [0.29, 0.717) is 16.7 Å². The van der Waals surface area contributed by atoms with Gasteiger partial charge in [0.2, 0.25) is 0 Å². The molecule has 0 amide bonds. The second-order valence-electron chi connectivity index (χ2n) is 6.75. The molecule has 3 aromatic rings. The van der Waals surface area contributed by atoms with Crippen molar-refractivity contribution in [3.63, 3.8) is 0 Å². The minimum absolute atomic E-state index is 0.318. The first-order valence-electron chi connectivity index (χ1n) is 8.82. The standard InChI is InChI=1S/C22H20F2S/c1-2-14-5-7-16(8-6-14)18-10-11-19(22(24)21(18)23)20-12-9-17(25-20)13-15-3-4-15/h5-12,15H,2-4,13H2,1H3. The molecule has 1 aromatic heterocycles. The number of aryl methyl sites for hydroxylation is 1. The highest BCUT2D eigenvalue weighted by Gasteiger charge is 2.23. The fourth-order valence-corrected chi connectivity index (χ4v) is 4.26. The molecule has 1 fully saturated rings. The summed E-state index contributed by atoms with van der Waals surface area (Å²) in [5.74, 6) is -0.725. The van der Waals surface area contributed by atoms with E-state index < -0.39 is 11.6 Å². The molecule has 25 heavy (non-hydrogen) atoms. The summed E-state index contributed by atoms with van der Waals surface area (Å²) in [5.41, 5.74) is 2.57. The first-order valence-corrected chi connectivity index (χ1v) is 9.63. The van der Waals surface area contributed by atoms with Gasteiger partial charge >= 0.3 is 0 Å². The van der Waals surface area contributed by atoms with Gasteiger partial charge in [0.25, 0.3) is 0 Å². The van der Waals surface area contributed by atoms with E-state index in [2.05, 4.69) is 6.92 Å². The molecule has 1 aliphatic carbocycles. The maximum Gasteiger partial charge on any atom is 0.168 e. The van der Waals surface area contributed by atoms with E-state index in [-0.39, 0.29) is 0 Å². The summed E-state index contributed by atoms with van der Waals surface area (Å²) in [6.45, 7) is 2.07. The third kappa shape index (κ3) is 3.38. The summed E-state index contributed by atoms with van der Waals surface area (Å²) in [4.78, 5) is 2.07. The van der Waals surface area contributed by atoms with Gasteiger partial charge in [0.15, 0.2) is 11.6 Å². The maximum absolute atomic E-state index is 14.7. The largest absolute Gasteiger partial charge is 0.203 e. The van der Waals surface area contributed by atoms with E-state index in [9.17, 15) is 8.78 Å². The number of benzene rings is 2. The molecule has 0 aliphatic heterocycles. The number of rotatable bonds is 5. The van der Waals surface area contributed by atoms with E-state index >= 15 is 0 Å². The summed E-state index contributed by atoms with van der Waals surface area (Å²) < 4.78 is 29.4. The Balaban J connectivity index is 1.66. The van der Waals surface area contributed by atoms with Gasteiger partial charge in [0.1, 0.15) is 0 Å². The van der Waals surface area contributed by atoms with Crippen molar-refractivity contribution in [2.75, 3.05) is 0 Å². The van der Waals surface area contributed by atoms with Crippen LogP contribution in [0.3, 0.4) is 0 Å². The van der Waals surface area contributed by atoms with Crippen LogP contribution in [0.5, 0.6) is 0 Å². The molecule has 0 spiro atoms. The smallest absolute Gasteiger partial charge is 0.168 e. The zero-order valence-corrected chi connectivity index (χ0v) is 15.0. The molecule has 4 rings (SSSR count). The Morgan fingerprint density at radius 2 is 1.56 bits per heavy atom. The third-order valence-electron chi connectivity index (χ3n) is 4.87. The van der Waals surface area contributed by atoms with Crippen LogP contribution in [0, 0.1) is 17.6 Å². The Bertz CT molecular complexity index is 889. The minimum atomic E-state index is -0.765. The fraction of sp³-hybridized carbons (Fsp3) is 0.273. The monoisotopic (exact) mass is 354 g/mol. The Hall–Kier alpha value is -2.00. The van der Waals surface area contributed by atoms with Crippen molar-refractivity contribution in [2.45, 2.75) is 32.6 Å². The molecule has 0 bridgehead atoms. The molecule has 0 saturated heterocycles. The van der Waals surface area contributed by atoms with E-state index in [4.69, 9.17) is 0 Å². The molecule has 1 aliphatic rings. The van der Waals surface area contributed by atoms with Crippen molar-refractivity contribution in [3.05, 3.63) is 70.6 Å². The molecule has 0 radical (unpaired) electrons. The highest BCUT2D eigenvalue weighted by Crippen LogP contribution is 2.38. The molecule has 3 heteroatoms. The fourth-order valence-electron chi connectivity index (χ4n) is 3.12. The number of halogens is 2. The van der Waals surface area contributed by atoms with Crippen molar-refractivity contribution in [3.8, 4) is 21.6 Å². The van der Waals surface area contributed by atoms with Crippen LogP contribution in [0.15, 0.2) is 48.5 Å². The highest BCUT2D eigenvalue weighted by atomic mass is 32.1. The summed E-state index contributed by atoms with van der Waals surface area (Å²) >= 11 is 1.58. The van der Waals surface area contributed by atoms with Gasteiger partial charge in [-0.2, -0.15) is 0 Å². The van der Waals surface area contributed by atoms with Crippen LogP contribution in [0.1, 0.15) is 30.2 Å². The van der Waals surface area contributed by atoms with Gasteiger partial charge in [-0.25, -0.2) is 8.78 Å². The molecular formula is C22H20F2S. The summed E-state index contributed by atoms with van der Waals surface area (Å²) in [6.07, 6.45) is 4.58. The Kier molecular flexibility index (Phi) is 4.43.